The Bertz CT molecular complexity index is 1160. The molecule has 0 radical (unpaired) electrons. The van der Waals surface area contributed by atoms with Crippen molar-refractivity contribution in [1.82, 2.24) is 9.97 Å². The summed E-state index contributed by atoms with van der Waals surface area (Å²) < 4.78 is 24.0. The Morgan fingerprint density at radius 1 is 0.963 bits per heavy atom. The molecule has 0 spiro atoms. The lowest BCUT2D eigenvalue weighted by molar-refractivity contribution is 0.174. The molecule has 1 atom stereocenters. The summed E-state index contributed by atoms with van der Waals surface area (Å²) in [5, 5.41) is 2.49. The molecule has 0 bridgehead atoms. The first-order valence-corrected chi connectivity index (χ1v) is 10.6. The molecule has 2 aromatic carbocycles. The highest BCUT2D eigenvalue weighted by atomic mass is 32.2. The molecule has 27 heavy (non-hydrogen) atoms. The minimum Gasteiger partial charge on any atom is -0.454 e. The van der Waals surface area contributed by atoms with Gasteiger partial charge in [-0.3, -0.25) is 4.21 Å². The normalized spacial score (nSPS) is 13.8. The van der Waals surface area contributed by atoms with E-state index in [0.717, 1.165) is 21.5 Å². The van der Waals surface area contributed by atoms with E-state index in [2.05, 4.69) is 4.98 Å². The van der Waals surface area contributed by atoms with Crippen molar-refractivity contribution in [2.75, 3.05) is 6.79 Å². The number of hydrogen-bond donors (Lipinski definition) is 0. The van der Waals surface area contributed by atoms with Gasteiger partial charge in [-0.1, -0.05) is 24.3 Å². The van der Waals surface area contributed by atoms with Crippen LogP contribution in [0.1, 0.15) is 5.56 Å². The third-order valence-electron chi connectivity index (χ3n) is 4.24. The van der Waals surface area contributed by atoms with Crippen LogP contribution < -0.4 is 9.47 Å². The predicted octanol–water partition coefficient (Wildman–Crippen LogP) is 4.39. The minimum absolute atomic E-state index is 0.223. The fourth-order valence-electron chi connectivity index (χ4n) is 2.97. The van der Waals surface area contributed by atoms with Gasteiger partial charge < -0.3 is 9.47 Å². The number of aromatic nitrogens is 2. The van der Waals surface area contributed by atoms with Crippen LogP contribution in [0.3, 0.4) is 0 Å². The van der Waals surface area contributed by atoms with Crippen LogP contribution in [0.5, 0.6) is 11.5 Å². The van der Waals surface area contributed by atoms with Gasteiger partial charge in [-0.25, -0.2) is 9.97 Å². The van der Waals surface area contributed by atoms with Crippen LogP contribution in [-0.2, 0) is 16.6 Å². The lowest BCUT2D eigenvalue weighted by atomic mass is 10.2. The monoisotopic (exact) mass is 394 g/mol. The number of thiophene rings is 1. The Labute approximate surface area is 162 Å². The number of rotatable bonds is 4. The van der Waals surface area contributed by atoms with Gasteiger partial charge in [-0.15, -0.1) is 11.3 Å². The number of benzene rings is 2. The van der Waals surface area contributed by atoms with Crippen molar-refractivity contribution in [1.29, 1.82) is 0 Å². The highest BCUT2D eigenvalue weighted by molar-refractivity contribution is 7.84. The summed E-state index contributed by atoms with van der Waals surface area (Å²) in [5.41, 5.74) is 3.13. The highest BCUT2D eigenvalue weighted by Crippen LogP contribution is 2.34. The Morgan fingerprint density at radius 3 is 2.59 bits per heavy atom. The van der Waals surface area contributed by atoms with Gasteiger partial charge in [0.25, 0.3) is 0 Å². The van der Waals surface area contributed by atoms with E-state index in [9.17, 15) is 4.21 Å². The number of para-hydroxylation sites is 2. The molecule has 2 aromatic heterocycles. The molecule has 0 amide bonds. The maximum Gasteiger partial charge on any atom is 0.231 e. The van der Waals surface area contributed by atoms with E-state index in [0.29, 0.717) is 28.0 Å². The SMILES string of the molecule is O=S(Cc1ccc2c(c1)OCO2)c1nc2ccccc2nc1-c1cccs1. The zero-order valence-electron chi connectivity index (χ0n) is 14.1. The quantitative estimate of drug-likeness (QED) is 0.514. The molecule has 0 N–H and O–H groups in total. The summed E-state index contributed by atoms with van der Waals surface area (Å²) in [5.74, 6) is 1.74. The first-order valence-electron chi connectivity index (χ1n) is 8.35. The smallest absolute Gasteiger partial charge is 0.231 e. The van der Waals surface area contributed by atoms with E-state index in [4.69, 9.17) is 14.5 Å². The molecule has 0 saturated heterocycles. The van der Waals surface area contributed by atoms with Crippen LogP contribution in [0.25, 0.3) is 21.6 Å². The molecule has 1 aliphatic rings. The Morgan fingerprint density at radius 2 is 1.78 bits per heavy atom. The summed E-state index contributed by atoms with van der Waals surface area (Å²) in [6.07, 6.45) is 0. The van der Waals surface area contributed by atoms with E-state index < -0.39 is 10.8 Å². The third kappa shape index (κ3) is 3.09. The first-order chi connectivity index (χ1) is 13.3. The average molecular weight is 394 g/mol. The topological polar surface area (TPSA) is 61.3 Å². The molecule has 7 heteroatoms. The van der Waals surface area contributed by atoms with E-state index in [1.807, 2.05) is 60.0 Å². The van der Waals surface area contributed by atoms with Crippen molar-refractivity contribution in [3.05, 3.63) is 65.5 Å². The Hall–Kier alpha value is -2.77. The molecule has 0 aliphatic carbocycles. The van der Waals surface area contributed by atoms with Gasteiger partial charge in [0.15, 0.2) is 16.5 Å². The maximum absolute atomic E-state index is 13.2. The molecular weight excluding hydrogens is 380 g/mol. The molecule has 0 saturated carbocycles. The van der Waals surface area contributed by atoms with Crippen molar-refractivity contribution in [3.8, 4) is 22.1 Å². The molecule has 134 valence electrons. The fraction of sp³-hybridized carbons (Fsp3) is 0.100. The third-order valence-corrected chi connectivity index (χ3v) is 6.43. The molecule has 0 fully saturated rings. The van der Waals surface area contributed by atoms with Crippen molar-refractivity contribution in [2.45, 2.75) is 10.8 Å². The van der Waals surface area contributed by atoms with Crippen molar-refractivity contribution >= 4 is 33.2 Å². The fourth-order valence-corrected chi connectivity index (χ4v) is 4.94. The van der Waals surface area contributed by atoms with Crippen molar-refractivity contribution in [3.63, 3.8) is 0 Å². The van der Waals surface area contributed by atoms with Crippen LogP contribution in [0.15, 0.2) is 65.0 Å². The zero-order valence-corrected chi connectivity index (χ0v) is 15.8. The molecule has 1 unspecified atom stereocenters. The number of ether oxygens (including phenoxy) is 2. The molecule has 3 heterocycles. The summed E-state index contributed by atoms with van der Waals surface area (Å²) in [6.45, 7) is 0.223. The zero-order chi connectivity index (χ0) is 18.2. The number of hydrogen-bond acceptors (Lipinski definition) is 6. The van der Waals surface area contributed by atoms with Gasteiger partial charge >= 0.3 is 0 Å². The van der Waals surface area contributed by atoms with Gasteiger partial charge in [0.2, 0.25) is 6.79 Å². The van der Waals surface area contributed by atoms with Crippen LogP contribution in [-0.4, -0.2) is 21.0 Å². The second kappa shape index (κ2) is 6.75. The maximum atomic E-state index is 13.2. The van der Waals surface area contributed by atoms with Crippen molar-refractivity contribution in [2.24, 2.45) is 0 Å². The van der Waals surface area contributed by atoms with Gasteiger partial charge in [0.05, 0.1) is 32.5 Å². The summed E-state index contributed by atoms with van der Waals surface area (Å²) in [6, 6.07) is 17.2. The van der Waals surface area contributed by atoms with Crippen molar-refractivity contribution < 1.29 is 13.7 Å². The summed E-state index contributed by atoms with van der Waals surface area (Å²) >= 11 is 1.57. The van der Waals surface area contributed by atoms with Gasteiger partial charge in [0.1, 0.15) is 5.69 Å². The van der Waals surface area contributed by atoms with Crippen LogP contribution in [0, 0.1) is 0 Å². The lowest BCUT2D eigenvalue weighted by Gasteiger charge is -2.09. The first kappa shape index (κ1) is 16.4. The van der Waals surface area contributed by atoms with Crippen LogP contribution in [0.4, 0.5) is 0 Å². The second-order valence-electron chi connectivity index (χ2n) is 6.02. The largest absolute Gasteiger partial charge is 0.454 e. The molecule has 4 aromatic rings. The van der Waals surface area contributed by atoms with Gasteiger partial charge in [-0.05, 0) is 41.3 Å². The summed E-state index contributed by atoms with van der Waals surface area (Å²) in [7, 11) is -1.35. The Kier molecular flexibility index (Phi) is 4.10. The minimum atomic E-state index is -1.35. The molecule has 1 aliphatic heterocycles. The second-order valence-corrected chi connectivity index (χ2v) is 8.33. The predicted molar refractivity (Wildman–Crippen MR) is 106 cm³/mol. The van der Waals surface area contributed by atoms with E-state index in [-0.39, 0.29) is 6.79 Å². The summed E-state index contributed by atoms with van der Waals surface area (Å²) in [4.78, 5) is 10.4. The van der Waals surface area contributed by atoms with Crippen LogP contribution >= 0.6 is 11.3 Å². The average Bonchev–Trinajstić information content (AvgIpc) is 3.38. The van der Waals surface area contributed by atoms with E-state index >= 15 is 0 Å². The van der Waals surface area contributed by atoms with Crippen LogP contribution in [0.2, 0.25) is 0 Å². The Balaban J connectivity index is 1.56. The number of nitrogens with zero attached hydrogens (tertiary/aromatic N) is 2. The number of fused-ring (bicyclic) bond motifs is 2. The lowest BCUT2D eigenvalue weighted by Crippen LogP contribution is -2.04. The van der Waals surface area contributed by atoms with Gasteiger partial charge in [0, 0.05) is 0 Å². The highest BCUT2D eigenvalue weighted by Gasteiger charge is 2.19. The van der Waals surface area contributed by atoms with Gasteiger partial charge in [-0.2, -0.15) is 0 Å². The van der Waals surface area contributed by atoms with E-state index in [1.54, 1.807) is 11.3 Å². The molecular formula is C20H14N2O3S2. The molecule has 5 rings (SSSR count). The molecule has 5 nitrogen and oxygen atoms in total. The van der Waals surface area contributed by atoms with E-state index in [1.165, 1.54) is 0 Å². The standard InChI is InChI=1S/C20H14N2O3S2/c23-27(11-13-7-8-16-17(10-13)25-12-24-16)20-19(18-6-3-9-26-18)21-14-4-1-2-5-15(14)22-20/h1-10H,11-12H2.